The van der Waals surface area contributed by atoms with Crippen LogP contribution in [0.5, 0.6) is 17.2 Å². The van der Waals surface area contributed by atoms with E-state index < -0.39 is 0 Å². The van der Waals surface area contributed by atoms with E-state index in [4.69, 9.17) is 18.9 Å². The van der Waals surface area contributed by atoms with E-state index in [1.165, 1.54) is 12.8 Å². The van der Waals surface area contributed by atoms with Crippen molar-refractivity contribution >= 4 is 27.8 Å². The third-order valence-electron chi connectivity index (χ3n) is 6.00. The lowest BCUT2D eigenvalue weighted by Gasteiger charge is -2.30. The minimum absolute atomic E-state index is 0.102. The highest BCUT2D eigenvalue weighted by molar-refractivity contribution is 9.10. The van der Waals surface area contributed by atoms with Crippen molar-refractivity contribution in [3.63, 3.8) is 0 Å². The van der Waals surface area contributed by atoms with Crippen molar-refractivity contribution in [3.8, 4) is 17.2 Å². The first-order valence-electron chi connectivity index (χ1n) is 10.1. The minimum atomic E-state index is -0.102. The standard InChI is InChI=1S/C23H20BrNO5/c1-12-4-18-17(8-25(10-28-18)16-2-3-16)23-20(12)21(26)19(30-23)7-13-5-15(24)6-14-9-27-11-29-22(13)14/h4-7,16H,2-3,8-11H2,1H3/b19-7-. The third kappa shape index (κ3) is 2.95. The van der Waals surface area contributed by atoms with Gasteiger partial charge >= 0.3 is 0 Å². The van der Waals surface area contributed by atoms with Gasteiger partial charge in [0.15, 0.2) is 12.6 Å². The molecule has 0 bridgehead atoms. The van der Waals surface area contributed by atoms with Crippen LogP contribution in [0.3, 0.4) is 0 Å². The highest BCUT2D eigenvalue weighted by atomic mass is 79.9. The van der Waals surface area contributed by atoms with Gasteiger partial charge in [-0.05, 0) is 49.6 Å². The number of hydrogen-bond donors (Lipinski definition) is 0. The van der Waals surface area contributed by atoms with Gasteiger partial charge in [-0.25, -0.2) is 0 Å². The van der Waals surface area contributed by atoms with Crippen LogP contribution < -0.4 is 14.2 Å². The topological polar surface area (TPSA) is 57.2 Å². The second-order valence-corrected chi connectivity index (χ2v) is 9.08. The Morgan fingerprint density at radius 1 is 1.17 bits per heavy atom. The summed E-state index contributed by atoms with van der Waals surface area (Å²) in [7, 11) is 0. The van der Waals surface area contributed by atoms with E-state index in [2.05, 4.69) is 20.8 Å². The SMILES string of the molecule is Cc1cc2c(c3c1C(=O)/C(=C/c1cc(Br)cc4c1OCOC4)O3)CN(C1CC1)CO2. The number of hydrogen-bond acceptors (Lipinski definition) is 6. The Labute approximate surface area is 182 Å². The molecule has 30 heavy (non-hydrogen) atoms. The van der Waals surface area contributed by atoms with Gasteiger partial charge in [-0.15, -0.1) is 0 Å². The molecule has 2 aromatic carbocycles. The molecule has 1 fully saturated rings. The second-order valence-electron chi connectivity index (χ2n) is 8.16. The summed E-state index contributed by atoms with van der Waals surface area (Å²) in [5.74, 6) is 2.39. The van der Waals surface area contributed by atoms with Gasteiger partial charge in [-0.1, -0.05) is 15.9 Å². The monoisotopic (exact) mass is 469 g/mol. The van der Waals surface area contributed by atoms with Crippen molar-refractivity contribution in [1.82, 2.24) is 4.90 Å². The molecule has 0 saturated heterocycles. The van der Waals surface area contributed by atoms with E-state index in [-0.39, 0.29) is 12.6 Å². The molecule has 0 unspecified atom stereocenters. The molecule has 1 aliphatic carbocycles. The summed E-state index contributed by atoms with van der Waals surface area (Å²) < 4.78 is 24.2. The Hall–Kier alpha value is -2.35. The molecule has 2 aromatic rings. The Morgan fingerprint density at radius 2 is 2.03 bits per heavy atom. The molecule has 0 N–H and O–H groups in total. The predicted octanol–water partition coefficient (Wildman–Crippen LogP) is 4.55. The molecule has 6 nitrogen and oxygen atoms in total. The van der Waals surface area contributed by atoms with Gasteiger partial charge in [0.05, 0.1) is 17.7 Å². The molecule has 0 spiro atoms. The number of aryl methyl sites for hydroxylation is 1. The summed E-state index contributed by atoms with van der Waals surface area (Å²) in [6, 6.07) is 6.43. The first kappa shape index (κ1) is 18.4. The molecule has 3 aliphatic heterocycles. The first-order valence-corrected chi connectivity index (χ1v) is 10.9. The molecule has 0 radical (unpaired) electrons. The minimum Gasteiger partial charge on any atom is -0.478 e. The zero-order valence-electron chi connectivity index (χ0n) is 16.5. The number of Topliss-reactive ketones (excluding diaryl/α,β-unsaturated/α-hetero) is 1. The van der Waals surface area contributed by atoms with Crippen LogP contribution in [0, 0.1) is 6.92 Å². The van der Waals surface area contributed by atoms with Gasteiger partial charge in [-0.2, -0.15) is 0 Å². The van der Waals surface area contributed by atoms with Crippen molar-refractivity contribution < 1.29 is 23.7 Å². The van der Waals surface area contributed by atoms with Crippen molar-refractivity contribution in [1.29, 1.82) is 0 Å². The Kier molecular flexibility index (Phi) is 4.20. The highest BCUT2D eigenvalue weighted by Crippen LogP contribution is 2.46. The van der Waals surface area contributed by atoms with Gasteiger partial charge in [0, 0.05) is 28.2 Å². The van der Waals surface area contributed by atoms with E-state index in [1.54, 1.807) is 6.08 Å². The lowest BCUT2D eigenvalue weighted by atomic mass is 9.98. The van der Waals surface area contributed by atoms with E-state index in [0.717, 1.165) is 44.8 Å². The molecule has 0 amide bonds. The van der Waals surface area contributed by atoms with Crippen LogP contribution in [0.25, 0.3) is 6.08 Å². The van der Waals surface area contributed by atoms with Gasteiger partial charge < -0.3 is 18.9 Å². The summed E-state index contributed by atoms with van der Waals surface area (Å²) in [5, 5.41) is 0. The fourth-order valence-corrected chi connectivity index (χ4v) is 4.90. The average Bonchev–Trinajstić information content (AvgIpc) is 3.53. The number of ketones is 1. The number of halogens is 1. The molecular formula is C23H20BrNO5. The molecule has 4 aliphatic rings. The fourth-order valence-electron chi connectivity index (χ4n) is 4.38. The van der Waals surface area contributed by atoms with E-state index in [1.807, 2.05) is 25.1 Å². The maximum Gasteiger partial charge on any atom is 0.232 e. The number of rotatable bonds is 2. The predicted molar refractivity (Wildman–Crippen MR) is 113 cm³/mol. The Bertz CT molecular complexity index is 1120. The van der Waals surface area contributed by atoms with Crippen LogP contribution in [0.15, 0.2) is 28.4 Å². The largest absolute Gasteiger partial charge is 0.478 e. The smallest absolute Gasteiger partial charge is 0.232 e. The fraction of sp³-hybridized carbons (Fsp3) is 0.348. The maximum atomic E-state index is 13.3. The quantitative estimate of drug-likeness (QED) is 0.601. The molecule has 1 saturated carbocycles. The molecule has 0 atom stereocenters. The van der Waals surface area contributed by atoms with Gasteiger partial charge in [0.1, 0.15) is 24.0 Å². The van der Waals surface area contributed by atoms with Crippen LogP contribution in [0.1, 0.15) is 45.5 Å². The van der Waals surface area contributed by atoms with Gasteiger partial charge in [-0.3, -0.25) is 9.69 Å². The van der Waals surface area contributed by atoms with Crippen LogP contribution in [-0.2, 0) is 17.9 Å². The molecular weight excluding hydrogens is 450 g/mol. The summed E-state index contributed by atoms with van der Waals surface area (Å²) in [4.78, 5) is 15.6. The summed E-state index contributed by atoms with van der Waals surface area (Å²) >= 11 is 3.53. The highest BCUT2D eigenvalue weighted by Gasteiger charge is 2.38. The van der Waals surface area contributed by atoms with Crippen molar-refractivity contribution in [2.24, 2.45) is 0 Å². The Morgan fingerprint density at radius 3 is 2.87 bits per heavy atom. The zero-order valence-corrected chi connectivity index (χ0v) is 18.1. The first-order chi connectivity index (χ1) is 14.6. The van der Waals surface area contributed by atoms with E-state index >= 15 is 0 Å². The second kappa shape index (κ2) is 6.83. The van der Waals surface area contributed by atoms with E-state index in [0.29, 0.717) is 36.5 Å². The average molecular weight is 470 g/mol. The zero-order chi connectivity index (χ0) is 20.4. The lowest BCUT2D eigenvalue weighted by Crippen LogP contribution is -2.34. The number of carbonyl (C=O) groups is 1. The van der Waals surface area contributed by atoms with Crippen molar-refractivity contribution in [2.45, 2.75) is 39.0 Å². The number of benzene rings is 2. The van der Waals surface area contributed by atoms with Gasteiger partial charge in [0.25, 0.3) is 0 Å². The van der Waals surface area contributed by atoms with Crippen LogP contribution in [0.4, 0.5) is 0 Å². The number of allylic oxidation sites excluding steroid dienone is 1. The third-order valence-corrected chi connectivity index (χ3v) is 6.46. The summed E-state index contributed by atoms with van der Waals surface area (Å²) in [6.07, 6.45) is 4.18. The molecule has 154 valence electrons. The molecule has 3 heterocycles. The van der Waals surface area contributed by atoms with Crippen molar-refractivity contribution in [2.75, 3.05) is 13.5 Å². The number of fused-ring (bicyclic) bond motifs is 4. The van der Waals surface area contributed by atoms with E-state index in [9.17, 15) is 4.79 Å². The van der Waals surface area contributed by atoms with Crippen LogP contribution in [0.2, 0.25) is 0 Å². The number of ether oxygens (including phenoxy) is 4. The lowest BCUT2D eigenvalue weighted by molar-refractivity contribution is -0.0165. The molecule has 0 aromatic heterocycles. The van der Waals surface area contributed by atoms with Gasteiger partial charge in [0.2, 0.25) is 5.78 Å². The van der Waals surface area contributed by atoms with Crippen LogP contribution >= 0.6 is 15.9 Å². The molecule has 6 rings (SSSR count). The normalized spacial score (nSPS) is 21.4. The Balaban J connectivity index is 1.42. The summed E-state index contributed by atoms with van der Waals surface area (Å²) in [6.45, 7) is 3.94. The number of nitrogens with zero attached hydrogens (tertiary/aromatic N) is 1. The molecule has 7 heteroatoms. The maximum absolute atomic E-state index is 13.3. The van der Waals surface area contributed by atoms with Crippen LogP contribution in [-0.4, -0.2) is 30.2 Å². The number of carbonyl (C=O) groups excluding carboxylic acids is 1. The van der Waals surface area contributed by atoms with Crippen molar-refractivity contribution in [3.05, 3.63) is 56.2 Å². The summed E-state index contributed by atoms with van der Waals surface area (Å²) in [5.41, 5.74) is 4.20.